The monoisotopic (exact) mass is 443 g/mol. The van der Waals surface area contributed by atoms with Crippen molar-refractivity contribution in [3.05, 3.63) is 56.4 Å². The standard InChI is InChI=1S/C22H25N3O3S2/c1-25(12-14-6-8-15(28-2)9-7-14)19(26)10-11-29-13-18-23-21(27)20-16-4-3-5-17(16)30-22(20)24-18/h6-9H,3-5,10-13H2,1-2H3,(H,23,24,27). The summed E-state index contributed by atoms with van der Waals surface area (Å²) < 4.78 is 5.16. The van der Waals surface area contributed by atoms with Crippen LogP contribution in [0, 0.1) is 0 Å². The molecule has 3 aromatic rings. The van der Waals surface area contributed by atoms with Gasteiger partial charge in [0.15, 0.2) is 0 Å². The Kier molecular flexibility index (Phi) is 6.43. The van der Waals surface area contributed by atoms with E-state index in [4.69, 9.17) is 4.74 Å². The largest absolute Gasteiger partial charge is 0.497 e. The fourth-order valence-corrected chi connectivity index (χ4v) is 5.80. The fraction of sp³-hybridized carbons (Fsp3) is 0.409. The number of fused-ring (bicyclic) bond motifs is 3. The molecular weight excluding hydrogens is 418 g/mol. The number of hydrogen-bond acceptors (Lipinski definition) is 6. The number of rotatable bonds is 8. The molecule has 0 spiro atoms. The Hall–Kier alpha value is -2.32. The van der Waals surface area contributed by atoms with Crippen LogP contribution in [0.5, 0.6) is 5.75 Å². The molecule has 1 aromatic carbocycles. The van der Waals surface area contributed by atoms with Crippen LogP contribution in [-0.2, 0) is 29.9 Å². The van der Waals surface area contributed by atoms with E-state index >= 15 is 0 Å². The zero-order chi connectivity index (χ0) is 21.1. The number of benzene rings is 1. The van der Waals surface area contributed by atoms with Crippen molar-refractivity contribution in [2.45, 2.75) is 38.0 Å². The summed E-state index contributed by atoms with van der Waals surface area (Å²) in [7, 11) is 3.46. The summed E-state index contributed by atoms with van der Waals surface area (Å²) in [5.41, 5.74) is 2.25. The zero-order valence-corrected chi connectivity index (χ0v) is 18.8. The molecule has 0 aliphatic heterocycles. The average Bonchev–Trinajstić information content (AvgIpc) is 3.32. The van der Waals surface area contributed by atoms with Crippen LogP contribution in [0.2, 0.25) is 0 Å². The van der Waals surface area contributed by atoms with Gasteiger partial charge < -0.3 is 14.6 Å². The van der Waals surface area contributed by atoms with Crippen LogP contribution in [0.15, 0.2) is 29.1 Å². The normalized spacial score (nSPS) is 12.9. The van der Waals surface area contributed by atoms with Gasteiger partial charge in [0.2, 0.25) is 5.91 Å². The van der Waals surface area contributed by atoms with Gasteiger partial charge in [-0.3, -0.25) is 9.59 Å². The first kappa shape index (κ1) is 20.9. The molecule has 1 aliphatic carbocycles. The Labute approximate surface area is 183 Å². The molecule has 0 unspecified atom stereocenters. The minimum absolute atomic E-state index is 0.0229. The van der Waals surface area contributed by atoms with Crippen molar-refractivity contribution in [1.29, 1.82) is 0 Å². The van der Waals surface area contributed by atoms with E-state index in [1.54, 1.807) is 35.1 Å². The van der Waals surface area contributed by atoms with Gasteiger partial charge in [-0.25, -0.2) is 4.98 Å². The SMILES string of the molecule is COc1ccc(CN(C)C(=O)CCSCc2nc3sc4c(c3c(=O)[nH]2)CCC4)cc1. The summed E-state index contributed by atoms with van der Waals surface area (Å²) in [4.78, 5) is 36.4. The number of thiophene rings is 1. The molecule has 8 heteroatoms. The Balaban J connectivity index is 1.27. The molecule has 0 fully saturated rings. The van der Waals surface area contributed by atoms with Crippen LogP contribution in [0.3, 0.4) is 0 Å². The molecule has 2 aromatic heterocycles. The Morgan fingerprint density at radius 2 is 2.10 bits per heavy atom. The summed E-state index contributed by atoms with van der Waals surface area (Å²) >= 11 is 3.28. The molecule has 1 amide bonds. The number of methoxy groups -OCH3 is 1. The summed E-state index contributed by atoms with van der Waals surface area (Å²) in [6, 6.07) is 7.73. The Bertz CT molecular complexity index is 1110. The Morgan fingerprint density at radius 3 is 2.87 bits per heavy atom. The van der Waals surface area contributed by atoms with Crippen molar-refractivity contribution in [3.63, 3.8) is 0 Å². The van der Waals surface area contributed by atoms with Crippen LogP contribution in [-0.4, -0.2) is 40.7 Å². The number of thioether (sulfide) groups is 1. The number of aromatic amines is 1. The van der Waals surface area contributed by atoms with Crippen molar-refractivity contribution < 1.29 is 9.53 Å². The second-order valence-electron chi connectivity index (χ2n) is 7.45. The third-order valence-electron chi connectivity index (χ3n) is 5.33. The smallest absolute Gasteiger partial charge is 0.259 e. The van der Waals surface area contributed by atoms with Crippen molar-refractivity contribution >= 4 is 39.2 Å². The van der Waals surface area contributed by atoms with E-state index < -0.39 is 0 Å². The minimum atomic E-state index is -0.0229. The first-order chi connectivity index (χ1) is 14.5. The number of H-pyrrole nitrogens is 1. The van der Waals surface area contributed by atoms with Gasteiger partial charge >= 0.3 is 0 Å². The van der Waals surface area contributed by atoms with E-state index in [0.717, 1.165) is 40.8 Å². The molecule has 158 valence electrons. The van der Waals surface area contributed by atoms with Crippen molar-refractivity contribution in [1.82, 2.24) is 14.9 Å². The van der Waals surface area contributed by atoms with Gasteiger partial charge in [-0.15, -0.1) is 11.3 Å². The molecule has 6 nitrogen and oxygen atoms in total. The quantitative estimate of drug-likeness (QED) is 0.537. The molecule has 0 atom stereocenters. The van der Waals surface area contributed by atoms with E-state index in [2.05, 4.69) is 9.97 Å². The predicted molar refractivity (Wildman–Crippen MR) is 123 cm³/mol. The molecule has 0 radical (unpaired) electrons. The van der Waals surface area contributed by atoms with Crippen LogP contribution in [0.4, 0.5) is 0 Å². The van der Waals surface area contributed by atoms with E-state index in [9.17, 15) is 9.59 Å². The second kappa shape index (κ2) is 9.22. The fourth-order valence-electron chi connectivity index (χ4n) is 3.73. The van der Waals surface area contributed by atoms with E-state index in [0.29, 0.717) is 30.3 Å². The number of nitrogens with zero attached hydrogens (tertiary/aromatic N) is 2. The summed E-state index contributed by atoms with van der Waals surface area (Å²) in [5.74, 6) is 2.89. The number of hydrogen-bond donors (Lipinski definition) is 1. The molecule has 0 saturated heterocycles. The Morgan fingerprint density at radius 1 is 1.30 bits per heavy atom. The van der Waals surface area contributed by atoms with Crippen LogP contribution in [0.1, 0.15) is 34.7 Å². The third-order valence-corrected chi connectivity index (χ3v) is 7.48. The lowest BCUT2D eigenvalue weighted by Gasteiger charge is -2.17. The van der Waals surface area contributed by atoms with Gasteiger partial charge in [-0.2, -0.15) is 11.8 Å². The van der Waals surface area contributed by atoms with E-state index in [1.807, 2.05) is 31.3 Å². The molecule has 4 rings (SSSR count). The van der Waals surface area contributed by atoms with Crippen molar-refractivity contribution in [2.75, 3.05) is 19.9 Å². The number of carbonyl (C=O) groups excluding carboxylic acids is 1. The molecule has 30 heavy (non-hydrogen) atoms. The molecular formula is C22H25N3O3S2. The van der Waals surface area contributed by atoms with Gasteiger partial charge in [0.25, 0.3) is 5.56 Å². The molecule has 0 bridgehead atoms. The predicted octanol–water partition coefficient (Wildman–Crippen LogP) is 3.76. The lowest BCUT2D eigenvalue weighted by Crippen LogP contribution is -2.26. The average molecular weight is 444 g/mol. The first-order valence-electron chi connectivity index (χ1n) is 10.0. The van der Waals surface area contributed by atoms with Crippen LogP contribution in [0.25, 0.3) is 10.2 Å². The second-order valence-corrected chi connectivity index (χ2v) is 9.64. The van der Waals surface area contributed by atoms with Gasteiger partial charge in [0.1, 0.15) is 16.4 Å². The van der Waals surface area contributed by atoms with Gasteiger partial charge in [0, 0.05) is 30.6 Å². The maximum atomic E-state index is 12.5. The zero-order valence-electron chi connectivity index (χ0n) is 17.2. The number of ether oxygens (including phenoxy) is 1. The highest BCUT2D eigenvalue weighted by Gasteiger charge is 2.21. The van der Waals surface area contributed by atoms with Crippen LogP contribution >= 0.6 is 23.1 Å². The molecule has 1 N–H and O–H groups in total. The maximum absolute atomic E-state index is 12.5. The van der Waals surface area contributed by atoms with Crippen molar-refractivity contribution in [2.24, 2.45) is 0 Å². The summed E-state index contributed by atoms with van der Waals surface area (Å²) in [5, 5.41) is 0.789. The van der Waals surface area contributed by atoms with Gasteiger partial charge in [-0.1, -0.05) is 12.1 Å². The lowest BCUT2D eigenvalue weighted by atomic mass is 10.2. The number of nitrogens with one attached hydrogen (secondary N) is 1. The third kappa shape index (κ3) is 4.54. The van der Waals surface area contributed by atoms with Crippen LogP contribution < -0.4 is 10.3 Å². The summed E-state index contributed by atoms with van der Waals surface area (Å²) in [6.45, 7) is 0.572. The number of aromatic nitrogens is 2. The highest BCUT2D eigenvalue weighted by atomic mass is 32.2. The molecule has 1 aliphatic rings. The van der Waals surface area contributed by atoms with Crippen molar-refractivity contribution in [3.8, 4) is 5.75 Å². The minimum Gasteiger partial charge on any atom is -0.497 e. The highest BCUT2D eigenvalue weighted by molar-refractivity contribution is 7.98. The maximum Gasteiger partial charge on any atom is 0.259 e. The first-order valence-corrected chi connectivity index (χ1v) is 12.0. The van der Waals surface area contributed by atoms with Gasteiger partial charge in [-0.05, 0) is 42.5 Å². The topological polar surface area (TPSA) is 75.3 Å². The van der Waals surface area contributed by atoms with E-state index in [-0.39, 0.29) is 11.5 Å². The lowest BCUT2D eigenvalue weighted by molar-refractivity contribution is -0.129. The molecule has 0 saturated carbocycles. The molecule has 2 heterocycles. The summed E-state index contributed by atoms with van der Waals surface area (Å²) in [6.07, 6.45) is 3.64. The highest BCUT2D eigenvalue weighted by Crippen LogP contribution is 2.34. The number of amides is 1. The number of carbonyl (C=O) groups is 1. The number of aryl methyl sites for hydroxylation is 2. The van der Waals surface area contributed by atoms with E-state index in [1.165, 1.54) is 10.4 Å². The van der Waals surface area contributed by atoms with Gasteiger partial charge in [0.05, 0.1) is 18.2 Å².